The first-order chi connectivity index (χ1) is 8.54. The molecule has 0 aliphatic heterocycles. The van der Waals surface area contributed by atoms with Crippen molar-refractivity contribution in [2.75, 3.05) is 6.54 Å². The highest BCUT2D eigenvalue weighted by molar-refractivity contribution is 5.49. The lowest BCUT2D eigenvalue weighted by Gasteiger charge is -2.19. The highest BCUT2D eigenvalue weighted by Crippen LogP contribution is 2.15. The molecule has 2 heterocycles. The van der Waals surface area contributed by atoms with Gasteiger partial charge in [0, 0.05) is 30.9 Å². The monoisotopic (exact) mass is 246 g/mol. The van der Waals surface area contributed by atoms with Gasteiger partial charge in [-0.1, -0.05) is 0 Å². The van der Waals surface area contributed by atoms with E-state index in [0.717, 1.165) is 18.5 Å². The van der Waals surface area contributed by atoms with Crippen LogP contribution >= 0.6 is 0 Å². The van der Waals surface area contributed by atoms with Crippen LogP contribution in [0, 0.1) is 0 Å². The molecule has 96 valence electrons. The molecule has 2 aromatic heterocycles. The van der Waals surface area contributed by atoms with E-state index in [-0.39, 0.29) is 5.54 Å². The van der Waals surface area contributed by atoms with Crippen molar-refractivity contribution in [2.45, 2.75) is 32.7 Å². The lowest BCUT2D eigenvalue weighted by atomic mass is 10.1. The topological polar surface area (TPSA) is 63.8 Å². The standard InChI is InChI=1S/C13H18N4O/c1-13(2,3)15-8-6-11-16-17-12(18-11)10-5-4-7-14-9-10/h4-5,7,9,15H,6,8H2,1-3H3. The minimum absolute atomic E-state index is 0.103. The second kappa shape index (κ2) is 5.27. The van der Waals surface area contributed by atoms with Crippen LogP contribution < -0.4 is 5.32 Å². The van der Waals surface area contributed by atoms with Crippen LogP contribution in [0.2, 0.25) is 0 Å². The minimum atomic E-state index is 0.103. The number of rotatable bonds is 4. The van der Waals surface area contributed by atoms with Crippen LogP contribution in [-0.4, -0.2) is 27.3 Å². The summed E-state index contributed by atoms with van der Waals surface area (Å²) >= 11 is 0. The lowest BCUT2D eigenvalue weighted by Crippen LogP contribution is -2.37. The smallest absolute Gasteiger partial charge is 0.249 e. The summed E-state index contributed by atoms with van der Waals surface area (Å²) in [5.74, 6) is 1.17. The van der Waals surface area contributed by atoms with Crippen molar-refractivity contribution < 1.29 is 4.42 Å². The number of pyridine rings is 1. The van der Waals surface area contributed by atoms with E-state index in [2.05, 4.69) is 41.3 Å². The van der Waals surface area contributed by atoms with Gasteiger partial charge < -0.3 is 9.73 Å². The van der Waals surface area contributed by atoms with E-state index >= 15 is 0 Å². The average Bonchev–Trinajstić information content (AvgIpc) is 2.77. The van der Waals surface area contributed by atoms with E-state index in [1.165, 1.54) is 0 Å². The molecule has 0 aliphatic carbocycles. The summed E-state index contributed by atoms with van der Waals surface area (Å²) in [4.78, 5) is 4.02. The Morgan fingerprint density at radius 2 is 2.11 bits per heavy atom. The van der Waals surface area contributed by atoms with E-state index in [1.54, 1.807) is 12.4 Å². The second-order valence-electron chi connectivity index (χ2n) is 5.17. The van der Waals surface area contributed by atoms with Gasteiger partial charge in [0.05, 0.1) is 5.56 Å². The number of nitrogens with one attached hydrogen (secondary N) is 1. The zero-order chi connectivity index (χ0) is 13.0. The molecule has 2 rings (SSSR count). The first kappa shape index (κ1) is 12.7. The maximum atomic E-state index is 5.58. The highest BCUT2D eigenvalue weighted by Gasteiger charge is 2.11. The Morgan fingerprint density at radius 1 is 1.28 bits per heavy atom. The summed E-state index contributed by atoms with van der Waals surface area (Å²) in [6, 6.07) is 3.75. The maximum Gasteiger partial charge on any atom is 0.249 e. The predicted octanol–water partition coefficient (Wildman–Crippen LogP) is 2.06. The SMILES string of the molecule is CC(C)(C)NCCc1nnc(-c2cccnc2)o1. The van der Waals surface area contributed by atoms with Gasteiger partial charge in [-0.2, -0.15) is 0 Å². The average molecular weight is 246 g/mol. The lowest BCUT2D eigenvalue weighted by molar-refractivity contribution is 0.412. The zero-order valence-electron chi connectivity index (χ0n) is 11.0. The van der Waals surface area contributed by atoms with Crippen LogP contribution in [0.3, 0.4) is 0 Å². The highest BCUT2D eigenvalue weighted by atomic mass is 16.4. The minimum Gasteiger partial charge on any atom is -0.421 e. The third kappa shape index (κ3) is 3.63. The molecular formula is C13H18N4O. The molecule has 0 aromatic carbocycles. The van der Waals surface area contributed by atoms with E-state index in [4.69, 9.17) is 4.42 Å². The molecule has 0 bridgehead atoms. The molecular weight excluding hydrogens is 228 g/mol. The fourth-order valence-electron chi connectivity index (χ4n) is 1.50. The molecule has 5 heteroatoms. The molecule has 1 N–H and O–H groups in total. The summed E-state index contributed by atoms with van der Waals surface area (Å²) in [5, 5.41) is 11.4. The molecule has 2 aromatic rings. The van der Waals surface area contributed by atoms with Crippen LogP contribution in [0.1, 0.15) is 26.7 Å². The number of aromatic nitrogens is 3. The van der Waals surface area contributed by atoms with Crippen molar-refractivity contribution in [1.29, 1.82) is 0 Å². The van der Waals surface area contributed by atoms with Crippen LogP contribution in [-0.2, 0) is 6.42 Å². The van der Waals surface area contributed by atoms with Gasteiger partial charge in [-0.15, -0.1) is 10.2 Å². The van der Waals surface area contributed by atoms with E-state index in [0.29, 0.717) is 11.8 Å². The van der Waals surface area contributed by atoms with Gasteiger partial charge >= 0.3 is 0 Å². The van der Waals surface area contributed by atoms with Crippen molar-refractivity contribution in [3.05, 3.63) is 30.4 Å². The molecule has 5 nitrogen and oxygen atoms in total. The summed E-state index contributed by atoms with van der Waals surface area (Å²) in [6.07, 6.45) is 4.16. The molecule has 0 aliphatic rings. The molecule has 0 spiro atoms. The van der Waals surface area contributed by atoms with Gasteiger partial charge in [-0.05, 0) is 32.9 Å². The summed E-state index contributed by atoms with van der Waals surface area (Å²) in [6.45, 7) is 7.20. The van der Waals surface area contributed by atoms with Gasteiger partial charge in [0.2, 0.25) is 11.8 Å². The van der Waals surface area contributed by atoms with E-state index in [9.17, 15) is 0 Å². The van der Waals surface area contributed by atoms with E-state index in [1.807, 2.05) is 12.1 Å². The molecule has 18 heavy (non-hydrogen) atoms. The third-order valence-electron chi connectivity index (χ3n) is 2.37. The maximum absolute atomic E-state index is 5.58. The van der Waals surface area contributed by atoms with Crippen LogP contribution in [0.5, 0.6) is 0 Å². The second-order valence-corrected chi connectivity index (χ2v) is 5.17. The Labute approximate surface area is 107 Å². The predicted molar refractivity (Wildman–Crippen MR) is 69.0 cm³/mol. The van der Waals surface area contributed by atoms with Crippen molar-refractivity contribution in [1.82, 2.24) is 20.5 Å². The Kier molecular flexibility index (Phi) is 3.72. The number of nitrogens with zero attached hydrogens (tertiary/aromatic N) is 3. The van der Waals surface area contributed by atoms with Gasteiger partial charge in [0.25, 0.3) is 0 Å². The molecule has 0 atom stereocenters. The molecule has 0 fully saturated rings. The van der Waals surface area contributed by atoms with Gasteiger partial charge in [0.1, 0.15) is 0 Å². The molecule has 0 saturated carbocycles. The zero-order valence-corrected chi connectivity index (χ0v) is 11.0. The normalized spacial score (nSPS) is 11.7. The number of hydrogen-bond acceptors (Lipinski definition) is 5. The first-order valence-corrected chi connectivity index (χ1v) is 6.02. The Hall–Kier alpha value is -1.75. The van der Waals surface area contributed by atoms with Gasteiger partial charge in [-0.25, -0.2) is 0 Å². The molecule has 0 radical (unpaired) electrons. The van der Waals surface area contributed by atoms with Crippen molar-refractivity contribution in [2.24, 2.45) is 0 Å². The number of hydrogen-bond donors (Lipinski definition) is 1. The fourth-order valence-corrected chi connectivity index (χ4v) is 1.50. The van der Waals surface area contributed by atoms with Gasteiger partial charge in [-0.3, -0.25) is 4.98 Å². The van der Waals surface area contributed by atoms with Crippen LogP contribution in [0.4, 0.5) is 0 Å². The Balaban J connectivity index is 1.95. The molecule has 0 saturated heterocycles. The molecule has 0 unspecified atom stereocenters. The van der Waals surface area contributed by atoms with E-state index < -0.39 is 0 Å². The van der Waals surface area contributed by atoms with Crippen LogP contribution in [0.15, 0.2) is 28.9 Å². The Bertz CT molecular complexity index is 487. The Morgan fingerprint density at radius 3 is 2.78 bits per heavy atom. The largest absolute Gasteiger partial charge is 0.421 e. The van der Waals surface area contributed by atoms with Crippen molar-refractivity contribution >= 4 is 0 Å². The van der Waals surface area contributed by atoms with Crippen molar-refractivity contribution in [3.8, 4) is 11.5 Å². The summed E-state index contributed by atoms with van der Waals surface area (Å²) < 4.78 is 5.58. The third-order valence-corrected chi connectivity index (χ3v) is 2.37. The van der Waals surface area contributed by atoms with Crippen molar-refractivity contribution in [3.63, 3.8) is 0 Å². The first-order valence-electron chi connectivity index (χ1n) is 6.02. The molecule has 0 amide bonds. The quantitative estimate of drug-likeness (QED) is 0.894. The summed E-state index contributed by atoms with van der Waals surface area (Å²) in [5.41, 5.74) is 0.951. The fraction of sp³-hybridized carbons (Fsp3) is 0.462. The van der Waals surface area contributed by atoms with Gasteiger partial charge in [0.15, 0.2) is 0 Å². The van der Waals surface area contributed by atoms with Crippen LogP contribution in [0.25, 0.3) is 11.5 Å². The summed E-state index contributed by atoms with van der Waals surface area (Å²) in [7, 11) is 0.